The number of hydrogen-bond donors (Lipinski definition) is 2. The van der Waals surface area contributed by atoms with Gasteiger partial charge in [0.25, 0.3) is 5.91 Å². The molecular weight excluding hydrogens is 407 g/mol. The van der Waals surface area contributed by atoms with E-state index in [0.29, 0.717) is 71.0 Å². The molecule has 0 bridgehead atoms. The Labute approximate surface area is 171 Å². The maximum absolute atomic E-state index is 12.8. The number of amides is 1. The van der Waals surface area contributed by atoms with Crippen LogP contribution in [-0.2, 0) is 4.74 Å². The molecule has 1 aliphatic rings. The lowest BCUT2D eigenvalue weighted by Gasteiger charge is -2.27. The maximum atomic E-state index is 12.8. The first kappa shape index (κ1) is 19.9. The van der Waals surface area contributed by atoms with Gasteiger partial charge in [0, 0.05) is 47.4 Å². The molecule has 142 valence electrons. The minimum atomic E-state index is -0.275. The van der Waals surface area contributed by atoms with Gasteiger partial charge in [0.15, 0.2) is 0 Å². The molecule has 2 heterocycles. The summed E-state index contributed by atoms with van der Waals surface area (Å²) in [6.45, 7) is 3.15. The Morgan fingerprint density at radius 3 is 2.74 bits per heavy atom. The lowest BCUT2D eigenvalue weighted by molar-refractivity contribution is 0.0959. The highest BCUT2D eigenvalue weighted by atomic mass is 35.5. The second-order valence-electron chi connectivity index (χ2n) is 5.87. The summed E-state index contributed by atoms with van der Waals surface area (Å²) in [5, 5.41) is 14.3. The molecule has 1 amide bonds. The third-order valence-electron chi connectivity index (χ3n) is 4.14. The number of halogens is 2. The number of ether oxygens (including phenoxy) is 1. The molecular formula is C18H18Cl2N4O2S. The number of morpholine rings is 1. The number of benzene rings is 1. The number of nitriles is 1. The van der Waals surface area contributed by atoms with E-state index in [1.54, 1.807) is 18.2 Å². The third kappa shape index (κ3) is 4.21. The van der Waals surface area contributed by atoms with Crippen LogP contribution in [0, 0.1) is 11.3 Å². The van der Waals surface area contributed by atoms with Gasteiger partial charge in [-0.2, -0.15) is 5.26 Å². The summed E-state index contributed by atoms with van der Waals surface area (Å²) in [5.41, 5.74) is 7.07. The molecule has 1 aromatic carbocycles. The van der Waals surface area contributed by atoms with Crippen LogP contribution in [0.2, 0.25) is 10.0 Å². The lowest BCUT2D eigenvalue weighted by atomic mass is 10.0. The van der Waals surface area contributed by atoms with Crippen molar-refractivity contribution >= 4 is 45.4 Å². The van der Waals surface area contributed by atoms with Crippen LogP contribution in [0.1, 0.15) is 15.2 Å². The van der Waals surface area contributed by atoms with Crippen LogP contribution in [-0.4, -0.2) is 45.3 Å². The van der Waals surface area contributed by atoms with Crippen LogP contribution < -0.4 is 16.0 Å². The third-order valence-corrected chi connectivity index (χ3v) is 5.93. The van der Waals surface area contributed by atoms with Crippen molar-refractivity contribution in [2.45, 2.75) is 0 Å². The smallest absolute Gasteiger partial charge is 0.262 e. The number of thiophene rings is 1. The molecule has 0 spiro atoms. The fourth-order valence-corrected chi connectivity index (χ4v) is 4.62. The number of nitrogens with zero attached hydrogens (tertiary/aromatic N) is 2. The molecule has 1 saturated heterocycles. The van der Waals surface area contributed by atoms with Crippen molar-refractivity contribution in [2.24, 2.45) is 5.73 Å². The van der Waals surface area contributed by atoms with E-state index in [-0.39, 0.29) is 5.91 Å². The van der Waals surface area contributed by atoms with E-state index >= 15 is 0 Å². The van der Waals surface area contributed by atoms with E-state index in [4.69, 9.17) is 33.7 Å². The van der Waals surface area contributed by atoms with Crippen LogP contribution in [0.3, 0.4) is 0 Å². The molecule has 0 unspecified atom stereocenters. The highest BCUT2D eigenvalue weighted by Gasteiger charge is 2.28. The van der Waals surface area contributed by atoms with Gasteiger partial charge in [-0.05, 0) is 12.1 Å². The van der Waals surface area contributed by atoms with E-state index in [1.165, 1.54) is 11.3 Å². The minimum absolute atomic E-state index is 0.275. The summed E-state index contributed by atoms with van der Waals surface area (Å²) in [4.78, 5) is 15.3. The molecule has 9 heteroatoms. The number of nitrogens with two attached hydrogens (primary N) is 1. The van der Waals surface area contributed by atoms with Crippen molar-refractivity contribution in [3.63, 3.8) is 0 Å². The number of rotatable bonds is 5. The first-order valence-electron chi connectivity index (χ1n) is 8.40. The molecule has 0 atom stereocenters. The number of anilines is 1. The second-order valence-corrected chi connectivity index (χ2v) is 7.71. The fraction of sp³-hybridized carbons (Fsp3) is 0.333. The van der Waals surface area contributed by atoms with Crippen molar-refractivity contribution in [1.29, 1.82) is 5.26 Å². The molecule has 6 nitrogen and oxygen atoms in total. The standard InChI is InChI=1S/C18H18Cl2N4O2S/c19-11-1-2-12(14(20)9-11)15-13(10-22)18(24-5-7-26-8-6-24)27-16(15)17(25)23-4-3-21/h1-2,9H,3-8,21H2,(H,23,25). The molecule has 3 rings (SSSR count). The number of carbonyl (C=O) groups is 1. The largest absolute Gasteiger partial charge is 0.378 e. The van der Waals surface area contributed by atoms with Gasteiger partial charge in [-0.1, -0.05) is 29.3 Å². The Morgan fingerprint density at radius 2 is 2.11 bits per heavy atom. The van der Waals surface area contributed by atoms with Crippen molar-refractivity contribution in [3.05, 3.63) is 38.7 Å². The van der Waals surface area contributed by atoms with Gasteiger partial charge >= 0.3 is 0 Å². The first-order valence-corrected chi connectivity index (χ1v) is 9.97. The summed E-state index contributed by atoms with van der Waals surface area (Å²) >= 11 is 13.7. The van der Waals surface area contributed by atoms with Gasteiger partial charge in [0.1, 0.15) is 15.9 Å². The predicted octanol–water partition coefficient (Wildman–Crippen LogP) is 3.12. The molecule has 1 aromatic heterocycles. The van der Waals surface area contributed by atoms with E-state index in [2.05, 4.69) is 16.3 Å². The summed E-state index contributed by atoms with van der Waals surface area (Å²) in [6, 6.07) is 7.29. The molecule has 3 N–H and O–H groups in total. The van der Waals surface area contributed by atoms with E-state index < -0.39 is 0 Å². The topological polar surface area (TPSA) is 91.4 Å². The number of carbonyl (C=O) groups excluding carboxylic acids is 1. The van der Waals surface area contributed by atoms with Crippen LogP contribution >= 0.6 is 34.5 Å². The summed E-state index contributed by atoms with van der Waals surface area (Å²) in [7, 11) is 0. The molecule has 27 heavy (non-hydrogen) atoms. The van der Waals surface area contributed by atoms with Gasteiger partial charge < -0.3 is 20.7 Å². The van der Waals surface area contributed by atoms with Gasteiger partial charge in [-0.3, -0.25) is 4.79 Å². The Bertz CT molecular complexity index is 888. The minimum Gasteiger partial charge on any atom is -0.378 e. The zero-order valence-electron chi connectivity index (χ0n) is 14.4. The average Bonchev–Trinajstić information content (AvgIpc) is 3.06. The van der Waals surface area contributed by atoms with Crippen LogP contribution in [0.5, 0.6) is 0 Å². The van der Waals surface area contributed by atoms with Gasteiger partial charge in [-0.25, -0.2) is 0 Å². The van der Waals surface area contributed by atoms with Gasteiger partial charge in [0.2, 0.25) is 0 Å². The van der Waals surface area contributed by atoms with E-state index in [9.17, 15) is 10.1 Å². The zero-order chi connectivity index (χ0) is 19.4. The van der Waals surface area contributed by atoms with Crippen molar-refractivity contribution in [3.8, 4) is 17.2 Å². The molecule has 1 fully saturated rings. The van der Waals surface area contributed by atoms with Gasteiger partial charge in [-0.15, -0.1) is 11.3 Å². The van der Waals surface area contributed by atoms with Crippen LogP contribution in [0.15, 0.2) is 18.2 Å². The number of hydrogen-bond acceptors (Lipinski definition) is 6. The van der Waals surface area contributed by atoms with Crippen molar-refractivity contribution < 1.29 is 9.53 Å². The van der Waals surface area contributed by atoms with Crippen molar-refractivity contribution in [2.75, 3.05) is 44.3 Å². The van der Waals surface area contributed by atoms with Crippen LogP contribution in [0.4, 0.5) is 5.00 Å². The number of nitrogens with one attached hydrogen (secondary N) is 1. The molecule has 0 saturated carbocycles. The normalized spacial score (nSPS) is 14.1. The predicted molar refractivity (Wildman–Crippen MR) is 109 cm³/mol. The second kappa shape index (κ2) is 8.91. The quantitative estimate of drug-likeness (QED) is 0.768. The van der Waals surface area contributed by atoms with Crippen LogP contribution in [0.25, 0.3) is 11.1 Å². The molecule has 0 radical (unpaired) electrons. The Hall–Kier alpha value is -1.82. The maximum Gasteiger partial charge on any atom is 0.262 e. The zero-order valence-corrected chi connectivity index (χ0v) is 16.8. The summed E-state index contributed by atoms with van der Waals surface area (Å²) in [5.74, 6) is -0.275. The molecule has 2 aromatic rings. The Balaban J connectivity index is 2.17. The van der Waals surface area contributed by atoms with E-state index in [0.717, 1.165) is 5.00 Å². The lowest BCUT2D eigenvalue weighted by Crippen LogP contribution is -2.36. The van der Waals surface area contributed by atoms with E-state index in [1.807, 2.05) is 0 Å². The Kier molecular flexibility index (Phi) is 6.58. The SMILES string of the molecule is N#Cc1c(N2CCOCC2)sc(C(=O)NCCN)c1-c1ccc(Cl)cc1Cl. The highest BCUT2D eigenvalue weighted by molar-refractivity contribution is 7.19. The summed E-state index contributed by atoms with van der Waals surface area (Å²) < 4.78 is 5.40. The van der Waals surface area contributed by atoms with Crippen molar-refractivity contribution in [1.82, 2.24) is 5.32 Å². The van der Waals surface area contributed by atoms with Gasteiger partial charge in [0.05, 0.1) is 18.8 Å². The molecule has 0 aliphatic carbocycles. The fourth-order valence-electron chi connectivity index (χ4n) is 2.89. The monoisotopic (exact) mass is 424 g/mol. The first-order chi connectivity index (χ1) is 13.1. The Morgan fingerprint density at radius 1 is 1.37 bits per heavy atom. The molecule has 1 aliphatic heterocycles. The highest BCUT2D eigenvalue weighted by Crippen LogP contribution is 2.44. The average molecular weight is 425 g/mol. The summed E-state index contributed by atoms with van der Waals surface area (Å²) in [6.07, 6.45) is 0.